The fourth-order valence-electron chi connectivity index (χ4n) is 2.07. The molecule has 2 heterocycles. The Morgan fingerprint density at radius 1 is 1.23 bits per heavy atom. The molecule has 1 aliphatic heterocycles. The number of pyridine rings is 1. The molecule has 0 spiro atoms. The Morgan fingerprint density at radius 3 is 2.77 bits per heavy atom. The van der Waals surface area contributed by atoms with Crippen molar-refractivity contribution in [3.63, 3.8) is 0 Å². The van der Waals surface area contributed by atoms with Crippen LogP contribution >= 0.6 is 0 Å². The van der Waals surface area contributed by atoms with Gasteiger partial charge in [0.1, 0.15) is 17.1 Å². The number of benzene rings is 1. The monoisotopic (exact) mass is 373 g/mol. The van der Waals surface area contributed by atoms with Crippen molar-refractivity contribution >= 4 is 5.97 Å². The zero-order chi connectivity index (χ0) is 14.9. The van der Waals surface area contributed by atoms with Crippen LogP contribution in [0.4, 0.5) is 0 Å². The van der Waals surface area contributed by atoms with E-state index in [9.17, 15) is 4.79 Å². The van der Waals surface area contributed by atoms with E-state index in [1.54, 1.807) is 44.3 Å². The summed E-state index contributed by atoms with van der Waals surface area (Å²) in [5.41, 5.74) is 1.10. The van der Waals surface area contributed by atoms with Crippen LogP contribution in [-0.2, 0) is 44.1 Å². The molecule has 1 radical (unpaired) electrons. The largest absolute Gasteiger partial charge is 0.490 e. The third kappa shape index (κ3) is 3.65. The van der Waals surface area contributed by atoms with Gasteiger partial charge in [0.25, 0.3) is 0 Å². The van der Waals surface area contributed by atoms with Crippen LogP contribution in [0.25, 0.3) is 0 Å². The molecular formula is C16H14NO4Y-. The Hall–Kier alpha value is -1.46. The molecule has 0 N–H and O–H groups in total. The zero-order valence-corrected chi connectivity index (χ0v) is 15.2. The summed E-state index contributed by atoms with van der Waals surface area (Å²) < 4.78 is 16.5. The van der Waals surface area contributed by atoms with Crippen molar-refractivity contribution in [1.82, 2.24) is 4.98 Å². The SMILES string of the molecule is CC1(C)OC(=O)c2c(OCc3[c-]nccc3)cccc2O1.[Y]. The number of ether oxygens (including phenoxy) is 3. The van der Waals surface area contributed by atoms with E-state index in [0.29, 0.717) is 17.1 Å². The van der Waals surface area contributed by atoms with E-state index in [1.165, 1.54) is 0 Å². The summed E-state index contributed by atoms with van der Waals surface area (Å²) in [6.07, 6.45) is 4.46. The minimum absolute atomic E-state index is 0. The number of esters is 1. The van der Waals surface area contributed by atoms with Crippen molar-refractivity contribution in [2.24, 2.45) is 0 Å². The molecule has 2 aromatic rings. The summed E-state index contributed by atoms with van der Waals surface area (Å²) >= 11 is 0. The van der Waals surface area contributed by atoms with Gasteiger partial charge in [-0.25, -0.2) is 4.79 Å². The Kier molecular flexibility index (Phi) is 5.19. The van der Waals surface area contributed by atoms with Crippen molar-refractivity contribution in [2.75, 3.05) is 0 Å². The first kappa shape index (κ1) is 16.9. The van der Waals surface area contributed by atoms with E-state index >= 15 is 0 Å². The zero-order valence-electron chi connectivity index (χ0n) is 12.3. The molecule has 0 saturated carbocycles. The summed E-state index contributed by atoms with van der Waals surface area (Å²) in [5.74, 6) is -0.541. The molecule has 0 bridgehead atoms. The average Bonchev–Trinajstić information content (AvgIpc) is 2.44. The van der Waals surface area contributed by atoms with Crippen LogP contribution in [0.2, 0.25) is 0 Å². The van der Waals surface area contributed by atoms with Gasteiger partial charge < -0.3 is 19.2 Å². The smallest absolute Gasteiger partial charge is 0.349 e. The molecule has 1 aliphatic rings. The molecule has 0 aliphatic carbocycles. The van der Waals surface area contributed by atoms with Gasteiger partial charge in [0, 0.05) is 46.6 Å². The topological polar surface area (TPSA) is 57.7 Å². The van der Waals surface area contributed by atoms with Crippen molar-refractivity contribution in [2.45, 2.75) is 26.2 Å². The van der Waals surface area contributed by atoms with Gasteiger partial charge in [0.2, 0.25) is 5.79 Å². The van der Waals surface area contributed by atoms with Crippen molar-refractivity contribution in [1.29, 1.82) is 0 Å². The molecule has 111 valence electrons. The van der Waals surface area contributed by atoms with Crippen molar-refractivity contribution in [3.05, 3.63) is 53.9 Å². The van der Waals surface area contributed by atoms with Crippen LogP contribution in [-0.4, -0.2) is 16.7 Å². The molecular weight excluding hydrogens is 359 g/mol. The predicted octanol–water partition coefficient (Wildman–Crippen LogP) is 2.74. The summed E-state index contributed by atoms with van der Waals surface area (Å²) in [4.78, 5) is 16.0. The number of carbonyl (C=O) groups excluding carboxylic acids is 1. The van der Waals surface area contributed by atoms with Crippen LogP contribution in [0.15, 0.2) is 36.5 Å². The molecule has 0 fully saturated rings. The van der Waals surface area contributed by atoms with Gasteiger partial charge in [-0.15, -0.1) is 5.56 Å². The van der Waals surface area contributed by atoms with E-state index < -0.39 is 11.8 Å². The third-order valence-corrected chi connectivity index (χ3v) is 2.94. The molecule has 22 heavy (non-hydrogen) atoms. The van der Waals surface area contributed by atoms with Gasteiger partial charge in [-0.05, 0) is 12.1 Å². The van der Waals surface area contributed by atoms with Crippen LogP contribution in [0.5, 0.6) is 11.5 Å². The summed E-state index contributed by atoms with van der Waals surface area (Å²) in [6.45, 7) is 3.64. The number of aromatic nitrogens is 1. The van der Waals surface area contributed by atoms with Crippen LogP contribution in [0.3, 0.4) is 0 Å². The fraction of sp³-hybridized carbons (Fsp3) is 0.250. The normalized spacial score (nSPS) is 14.9. The van der Waals surface area contributed by atoms with Gasteiger partial charge in [-0.3, -0.25) is 0 Å². The first-order valence-electron chi connectivity index (χ1n) is 6.55. The number of carbonyl (C=O) groups is 1. The first-order chi connectivity index (χ1) is 10.1. The molecule has 1 aromatic carbocycles. The molecule has 3 rings (SSSR count). The fourth-order valence-corrected chi connectivity index (χ4v) is 2.07. The summed E-state index contributed by atoms with van der Waals surface area (Å²) in [5, 5.41) is 0. The first-order valence-corrected chi connectivity index (χ1v) is 6.55. The van der Waals surface area contributed by atoms with Crippen LogP contribution in [0, 0.1) is 6.20 Å². The van der Waals surface area contributed by atoms with Crippen molar-refractivity contribution < 1.29 is 51.7 Å². The maximum Gasteiger partial charge on any atom is 0.349 e. The maximum absolute atomic E-state index is 12.1. The third-order valence-electron chi connectivity index (χ3n) is 2.94. The Labute approximate surface area is 153 Å². The molecule has 0 atom stereocenters. The second-order valence-electron chi connectivity index (χ2n) is 5.08. The van der Waals surface area contributed by atoms with E-state index in [4.69, 9.17) is 14.2 Å². The molecule has 6 heteroatoms. The van der Waals surface area contributed by atoms with Gasteiger partial charge in [-0.2, -0.15) is 12.1 Å². The quantitative estimate of drug-likeness (QED) is 0.612. The van der Waals surface area contributed by atoms with Gasteiger partial charge in [0.05, 0.1) is 6.61 Å². The number of nitrogens with zero attached hydrogens (tertiary/aromatic N) is 1. The maximum atomic E-state index is 12.1. The number of rotatable bonds is 3. The predicted molar refractivity (Wildman–Crippen MR) is 74.0 cm³/mol. The summed E-state index contributed by atoms with van der Waals surface area (Å²) in [7, 11) is 0. The van der Waals surface area contributed by atoms with Crippen LogP contribution < -0.4 is 9.47 Å². The minimum Gasteiger partial charge on any atom is -0.490 e. The van der Waals surface area contributed by atoms with E-state index in [1.807, 2.05) is 6.07 Å². The second kappa shape index (κ2) is 6.75. The Bertz CT molecular complexity index is 673. The number of hydrogen-bond donors (Lipinski definition) is 0. The Morgan fingerprint density at radius 2 is 2.05 bits per heavy atom. The van der Waals surface area contributed by atoms with Gasteiger partial charge in [-0.1, -0.05) is 18.5 Å². The van der Waals surface area contributed by atoms with E-state index in [2.05, 4.69) is 11.2 Å². The van der Waals surface area contributed by atoms with E-state index in [-0.39, 0.29) is 39.3 Å². The standard InChI is InChI=1S/C16H14NO4.Y/c1-16(2)20-13-7-3-6-12(14(13)15(18)21-16)19-10-11-5-4-8-17-9-11;/h3-8H,10H2,1-2H3;/q-1;. The number of cyclic esters (lactones) is 1. The van der Waals surface area contributed by atoms with Crippen LogP contribution in [0.1, 0.15) is 29.8 Å². The summed E-state index contributed by atoms with van der Waals surface area (Å²) in [6, 6.07) is 8.85. The van der Waals surface area contributed by atoms with Gasteiger partial charge in [0.15, 0.2) is 0 Å². The molecule has 0 unspecified atom stereocenters. The Balaban J connectivity index is 0.00000176. The second-order valence-corrected chi connectivity index (χ2v) is 5.08. The molecule has 5 nitrogen and oxygen atoms in total. The molecule has 0 saturated heterocycles. The number of fused-ring (bicyclic) bond motifs is 1. The molecule has 0 amide bonds. The molecule has 1 aromatic heterocycles. The van der Waals surface area contributed by atoms with Crippen molar-refractivity contribution in [3.8, 4) is 11.5 Å². The van der Waals surface area contributed by atoms with E-state index in [0.717, 1.165) is 5.56 Å². The minimum atomic E-state index is -0.972. The number of hydrogen-bond acceptors (Lipinski definition) is 5. The van der Waals surface area contributed by atoms with Gasteiger partial charge >= 0.3 is 5.97 Å². The average molecular weight is 373 g/mol.